The molecular formula is C43H45N7Na2O13RuS3. The van der Waals surface area contributed by atoms with Crippen LogP contribution in [0.4, 0.5) is 0 Å². The number of pyridine rings is 6. The van der Waals surface area contributed by atoms with Crippen LogP contribution in [0, 0.1) is 13.8 Å². The largest absolute Gasteiger partial charge is 1.00 e. The maximum absolute atomic E-state index is 11.5. The average molecular weight is 1110 g/mol. The third-order valence-corrected chi connectivity index (χ3v) is 10.2. The quantitative estimate of drug-likeness (QED) is 0.0624. The topological polar surface area (TPSA) is 307 Å². The average Bonchev–Trinajstić information content (AvgIpc) is 3.56. The third kappa shape index (κ3) is 30.2. The third-order valence-electron chi connectivity index (χ3n) is 8.09. The van der Waals surface area contributed by atoms with Crippen LogP contribution in [-0.2, 0) is 92.7 Å². The van der Waals surface area contributed by atoms with Crippen LogP contribution in [-0.4, -0.2) is 91.7 Å². The molecule has 69 heavy (non-hydrogen) atoms. The first-order valence-corrected chi connectivity index (χ1v) is 24.1. The van der Waals surface area contributed by atoms with Gasteiger partial charge in [0.1, 0.15) is 11.5 Å². The summed E-state index contributed by atoms with van der Waals surface area (Å²) in [5.41, 5.74) is 5.02. The Bertz CT molecular complexity index is 2690. The molecule has 358 valence electrons. The van der Waals surface area contributed by atoms with Gasteiger partial charge >= 0.3 is 65.1 Å². The zero-order valence-electron chi connectivity index (χ0n) is 37.7. The Kier molecular flexibility index (Phi) is 31.3. The van der Waals surface area contributed by atoms with E-state index in [1.165, 1.54) is 66.7 Å². The SMILES string of the molecule is Cc1ccncc1.O=C(CCCc1ccncc1)ON1C(=O)CCC1=O.O=S(=O)(O)Cc1ccncc1.O=S(=O)([O-])Cc1ccnc(-c2cc(CS(=O)(=O)O)ccn2)c1.[CH2-]c1ccncc1.[Na+].[Na+].[Ru]. The molecule has 0 atom stereocenters. The van der Waals surface area contributed by atoms with E-state index in [4.69, 9.17) is 13.9 Å². The smallest absolute Gasteiger partial charge is 0.748 e. The van der Waals surface area contributed by atoms with Crippen molar-refractivity contribution in [1.29, 1.82) is 0 Å². The predicted molar refractivity (Wildman–Crippen MR) is 238 cm³/mol. The molecule has 1 aliphatic rings. The van der Waals surface area contributed by atoms with Crippen LogP contribution in [0.1, 0.15) is 59.1 Å². The minimum Gasteiger partial charge on any atom is -0.748 e. The van der Waals surface area contributed by atoms with E-state index in [0.717, 1.165) is 17.5 Å². The molecule has 1 fully saturated rings. The predicted octanol–water partition coefficient (Wildman–Crippen LogP) is -1.28. The summed E-state index contributed by atoms with van der Waals surface area (Å²) in [7, 11) is -12.5. The fourth-order valence-corrected chi connectivity index (χ4v) is 6.92. The molecule has 2 N–H and O–H groups in total. The van der Waals surface area contributed by atoms with Gasteiger partial charge in [-0.1, -0.05) is 0 Å². The van der Waals surface area contributed by atoms with Gasteiger partial charge in [0.15, 0.2) is 0 Å². The number of aryl methyl sites for hydroxylation is 2. The summed E-state index contributed by atoms with van der Waals surface area (Å²) in [5.74, 6) is -3.06. The second kappa shape index (κ2) is 33.3. The fraction of sp³-hybridized carbons (Fsp3) is 0.209. The molecule has 26 heteroatoms. The second-order valence-electron chi connectivity index (χ2n) is 13.7. The molecule has 0 radical (unpaired) electrons. The molecule has 0 unspecified atom stereocenters. The molecule has 1 saturated heterocycles. The molecule has 6 aromatic heterocycles. The molecule has 0 aromatic carbocycles. The first kappa shape index (κ1) is 64.7. The van der Waals surface area contributed by atoms with Crippen LogP contribution >= 0.6 is 0 Å². The zero-order valence-corrected chi connectivity index (χ0v) is 45.8. The van der Waals surface area contributed by atoms with Crippen molar-refractivity contribution in [2.24, 2.45) is 0 Å². The van der Waals surface area contributed by atoms with E-state index in [1.807, 2.05) is 43.3 Å². The van der Waals surface area contributed by atoms with Crippen molar-refractivity contribution >= 4 is 48.1 Å². The molecule has 7 rings (SSSR count). The summed E-state index contributed by atoms with van der Waals surface area (Å²) in [4.78, 5) is 62.0. The Morgan fingerprint density at radius 1 is 0.623 bits per heavy atom. The zero-order chi connectivity index (χ0) is 48.6. The van der Waals surface area contributed by atoms with Crippen molar-refractivity contribution in [2.45, 2.75) is 56.3 Å². The molecular weight excluding hydrogens is 1070 g/mol. The second-order valence-corrected chi connectivity index (χ2v) is 18.1. The van der Waals surface area contributed by atoms with Crippen LogP contribution in [0.2, 0.25) is 0 Å². The minimum atomic E-state index is -4.42. The van der Waals surface area contributed by atoms with Gasteiger partial charge in [-0.2, -0.15) is 29.3 Å². The first-order chi connectivity index (χ1) is 31.2. The number of imide groups is 1. The monoisotopic (exact) mass is 1110 g/mol. The number of carbonyl (C=O) groups is 3. The standard InChI is InChI=1S/C13H14N2O4.C12H12N2O6S2.C6H7NO3S.C6H7N.C6H6N.2Na.Ru/c16-11-4-5-12(17)15(11)19-13(18)3-1-2-10-6-8-14-9-7-10;15-21(16,17)7-9-1-3-13-11(5-9)12-6-10(2-4-14-12)8-22(18,19)20;8-11(9,10)5-6-1-3-7-4-2-6;2*1-6-2-4-7-5-3-6;;;/h6-9H,1-5H2;1-6H,7-8H2,(H,15,16,17)(H,18,19,20);1-4H,5H2,(H,8,9,10);2-5H,1H3;2-5H,1H2;;;/q;;;;-1;2*+1;/p-1. The van der Waals surface area contributed by atoms with Gasteiger partial charge in [-0.15, -0.1) is 17.2 Å². The van der Waals surface area contributed by atoms with Gasteiger partial charge < -0.3 is 9.39 Å². The van der Waals surface area contributed by atoms with Gasteiger partial charge in [-0.3, -0.25) is 48.6 Å². The Labute approximate surface area is 458 Å². The van der Waals surface area contributed by atoms with Gasteiger partial charge in [-0.25, -0.2) is 13.2 Å². The van der Waals surface area contributed by atoms with Crippen molar-refractivity contribution < 1.29 is 137 Å². The summed E-state index contributed by atoms with van der Waals surface area (Å²) in [5, 5.41) is 0.578. The fourth-order valence-electron chi connectivity index (χ4n) is 5.11. The summed E-state index contributed by atoms with van der Waals surface area (Å²) in [6.07, 6.45) is 17.7. The van der Waals surface area contributed by atoms with Gasteiger partial charge in [-0.05, 0) is 121 Å². The molecule has 0 saturated carbocycles. The number of aromatic nitrogens is 6. The van der Waals surface area contributed by atoms with Crippen LogP contribution in [0.15, 0.2) is 135 Å². The van der Waals surface area contributed by atoms with E-state index < -0.39 is 59.6 Å². The van der Waals surface area contributed by atoms with Crippen LogP contribution < -0.4 is 59.1 Å². The number of hydroxylamine groups is 2. The van der Waals surface area contributed by atoms with Gasteiger partial charge in [0.25, 0.3) is 32.1 Å². The van der Waals surface area contributed by atoms with Crippen LogP contribution in [0.3, 0.4) is 0 Å². The van der Waals surface area contributed by atoms with E-state index in [9.17, 15) is 44.2 Å². The Morgan fingerprint density at radius 2 is 1.00 bits per heavy atom. The van der Waals surface area contributed by atoms with Crippen molar-refractivity contribution in [2.75, 3.05) is 0 Å². The maximum atomic E-state index is 11.5. The Hall–Kier alpha value is -4.27. The van der Waals surface area contributed by atoms with Gasteiger partial charge in [0.2, 0.25) is 0 Å². The normalized spacial score (nSPS) is 11.6. The van der Waals surface area contributed by atoms with E-state index in [2.05, 4.69) is 36.8 Å². The number of nitrogens with zero attached hydrogens (tertiary/aromatic N) is 7. The summed E-state index contributed by atoms with van der Waals surface area (Å²) in [6, 6.07) is 20.1. The first-order valence-electron chi connectivity index (χ1n) is 19.3. The summed E-state index contributed by atoms with van der Waals surface area (Å²) in [6.45, 7) is 5.72. The van der Waals surface area contributed by atoms with Crippen molar-refractivity contribution in [1.82, 2.24) is 35.0 Å². The molecule has 0 aliphatic carbocycles. The number of amides is 2. The summed E-state index contributed by atoms with van der Waals surface area (Å²) < 4.78 is 92.0. The number of hydrogen-bond acceptors (Lipinski definition) is 17. The van der Waals surface area contributed by atoms with E-state index in [0.29, 0.717) is 34.0 Å². The molecule has 1 aliphatic heterocycles. The van der Waals surface area contributed by atoms with Crippen LogP contribution in [0.5, 0.6) is 0 Å². The van der Waals surface area contributed by atoms with E-state index >= 15 is 0 Å². The number of hydrogen-bond donors (Lipinski definition) is 2. The van der Waals surface area contributed by atoms with Crippen LogP contribution in [0.25, 0.3) is 11.4 Å². The van der Waals surface area contributed by atoms with Crippen molar-refractivity contribution in [3.05, 3.63) is 175 Å². The summed E-state index contributed by atoms with van der Waals surface area (Å²) >= 11 is 0. The molecule has 2 amide bonds. The van der Waals surface area contributed by atoms with Crippen molar-refractivity contribution in [3.8, 4) is 11.4 Å². The Morgan fingerprint density at radius 3 is 1.38 bits per heavy atom. The molecule has 0 bridgehead atoms. The van der Waals surface area contributed by atoms with Gasteiger partial charge in [0.05, 0.1) is 27.3 Å². The molecule has 20 nitrogen and oxygen atoms in total. The maximum Gasteiger partial charge on any atom is 1.00 e. The molecule has 6 aromatic rings. The van der Waals surface area contributed by atoms with Gasteiger partial charge in [0, 0.05) is 88.3 Å². The minimum absolute atomic E-state index is 0. The van der Waals surface area contributed by atoms with E-state index in [-0.39, 0.29) is 109 Å². The molecule has 0 spiro atoms. The number of carbonyl (C=O) groups excluding carboxylic acids is 3. The molecule has 7 heterocycles. The number of rotatable bonds is 12. The van der Waals surface area contributed by atoms with Crippen molar-refractivity contribution in [3.63, 3.8) is 0 Å². The van der Waals surface area contributed by atoms with E-state index in [1.54, 1.807) is 37.2 Å². The Balaban J connectivity index is 0.000000887.